The van der Waals surface area contributed by atoms with Gasteiger partial charge in [0.1, 0.15) is 12.4 Å². The molecule has 0 aliphatic rings. The van der Waals surface area contributed by atoms with Crippen molar-refractivity contribution >= 4 is 29.9 Å². The number of guanidine groups is 1. The SMILES string of the molecule is COCCOc1cc(C)ccc1CN=C(N)NCCc1ccccn1.I. The maximum atomic E-state index is 5.94. The van der Waals surface area contributed by atoms with Gasteiger partial charge in [-0.25, -0.2) is 4.99 Å². The Balaban J connectivity index is 0.00000338. The minimum absolute atomic E-state index is 0. The molecule has 2 aromatic rings. The molecular formula is C19H27IN4O2. The Hall–Kier alpha value is -1.87. The molecule has 7 heteroatoms. The zero-order valence-electron chi connectivity index (χ0n) is 15.3. The number of aromatic nitrogens is 1. The van der Waals surface area contributed by atoms with Crippen LogP contribution in [-0.4, -0.2) is 37.8 Å². The lowest BCUT2D eigenvalue weighted by Gasteiger charge is -2.11. The number of halogens is 1. The Morgan fingerprint density at radius 3 is 2.81 bits per heavy atom. The Bertz CT molecular complexity index is 680. The number of methoxy groups -OCH3 is 1. The molecule has 26 heavy (non-hydrogen) atoms. The molecule has 0 unspecified atom stereocenters. The average Bonchev–Trinajstić information content (AvgIpc) is 2.62. The van der Waals surface area contributed by atoms with Gasteiger partial charge in [0.05, 0.1) is 13.2 Å². The fraction of sp³-hybridized carbons (Fsp3) is 0.368. The van der Waals surface area contributed by atoms with Crippen LogP contribution in [0.2, 0.25) is 0 Å². The molecule has 3 N–H and O–H groups in total. The molecule has 0 saturated carbocycles. The van der Waals surface area contributed by atoms with Crippen molar-refractivity contribution in [3.8, 4) is 5.75 Å². The van der Waals surface area contributed by atoms with Crippen molar-refractivity contribution in [2.24, 2.45) is 10.7 Å². The average molecular weight is 470 g/mol. The molecule has 0 atom stereocenters. The molecule has 0 aliphatic heterocycles. The Morgan fingerprint density at radius 1 is 1.23 bits per heavy atom. The molecule has 0 amide bonds. The molecule has 0 fully saturated rings. The molecule has 0 radical (unpaired) electrons. The molecule has 142 valence electrons. The summed E-state index contributed by atoms with van der Waals surface area (Å²) in [5, 5.41) is 3.11. The van der Waals surface area contributed by atoms with Gasteiger partial charge >= 0.3 is 0 Å². The number of ether oxygens (including phenoxy) is 2. The summed E-state index contributed by atoms with van der Waals surface area (Å²) >= 11 is 0. The van der Waals surface area contributed by atoms with Crippen LogP contribution >= 0.6 is 24.0 Å². The summed E-state index contributed by atoms with van der Waals surface area (Å²) in [5.41, 5.74) is 9.11. The van der Waals surface area contributed by atoms with E-state index in [0.29, 0.717) is 32.3 Å². The second-order valence-electron chi connectivity index (χ2n) is 5.65. The highest BCUT2D eigenvalue weighted by molar-refractivity contribution is 14.0. The number of aryl methyl sites for hydroxylation is 1. The standard InChI is InChI=1S/C19H26N4O2.HI/c1-15-6-7-16(18(13-15)25-12-11-24-2)14-23-19(20)22-10-8-17-5-3-4-9-21-17;/h3-7,9,13H,8,10-12,14H2,1-2H3,(H3,20,22,23);1H. The lowest BCUT2D eigenvalue weighted by molar-refractivity contribution is 0.146. The molecule has 0 saturated heterocycles. The van der Waals surface area contributed by atoms with Crippen molar-refractivity contribution in [3.05, 3.63) is 59.4 Å². The van der Waals surface area contributed by atoms with E-state index in [1.165, 1.54) is 0 Å². The Kier molecular flexibility index (Phi) is 10.6. The molecular weight excluding hydrogens is 443 g/mol. The fourth-order valence-corrected chi connectivity index (χ4v) is 2.25. The van der Waals surface area contributed by atoms with Gasteiger partial charge < -0.3 is 20.5 Å². The van der Waals surface area contributed by atoms with E-state index in [1.54, 1.807) is 13.3 Å². The van der Waals surface area contributed by atoms with Crippen LogP contribution in [-0.2, 0) is 17.7 Å². The van der Waals surface area contributed by atoms with Gasteiger partial charge in [-0.05, 0) is 30.7 Å². The minimum atomic E-state index is 0. The molecule has 1 heterocycles. The number of nitrogens with zero attached hydrogens (tertiary/aromatic N) is 2. The van der Waals surface area contributed by atoms with Crippen LogP contribution in [0, 0.1) is 6.92 Å². The summed E-state index contributed by atoms with van der Waals surface area (Å²) in [6, 6.07) is 11.9. The summed E-state index contributed by atoms with van der Waals surface area (Å²) in [4.78, 5) is 8.67. The number of nitrogens with one attached hydrogen (secondary N) is 1. The van der Waals surface area contributed by atoms with Crippen LogP contribution < -0.4 is 15.8 Å². The van der Waals surface area contributed by atoms with E-state index in [9.17, 15) is 0 Å². The first-order valence-electron chi connectivity index (χ1n) is 8.34. The van der Waals surface area contributed by atoms with Crippen LogP contribution in [0.4, 0.5) is 0 Å². The van der Waals surface area contributed by atoms with E-state index < -0.39 is 0 Å². The lowest BCUT2D eigenvalue weighted by atomic mass is 10.1. The molecule has 0 spiro atoms. The smallest absolute Gasteiger partial charge is 0.188 e. The molecule has 1 aromatic heterocycles. The number of benzene rings is 1. The summed E-state index contributed by atoms with van der Waals surface area (Å²) in [5.74, 6) is 1.24. The van der Waals surface area contributed by atoms with Crippen molar-refractivity contribution in [3.63, 3.8) is 0 Å². The number of nitrogens with two attached hydrogens (primary N) is 1. The quantitative estimate of drug-likeness (QED) is 0.255. The monoisotopic (exact) mass is 470 g/mol. The van der Waals surface area contributed by atoms with Gasteiger partial charge in [-0.1, -0.05) is 18.2 Å². The van der Waals surface area contributed by atoms with Crippen molar-refractivity contribution in [2.75, 3.05) is 26.9 Å². The Labute approximate surface area is 172 Å². The second kappa shape index (κ2) is 12.5. The van der Waals surface area contributed by atoms with Crippen molar-refractivity contribution < 1.29 is 9.47 Å². The highest BCUT2D eigenvalue weighted by Gasteiger charge is 2.04. The summed E-state index contributed by atoms with van der Waals surface area (Å²) < 4.78 is 10.8. The van der Waals surface area contributed by atoms with Crippen LogP contribution in [0.25, 0.3) is 0 Å². The van der Waals surface area contributed by atoms with Gasteiger partial charge in [0.25, 0.3) is 0 Å². The first-order chi connectivity index (χ1) is 12.2. The highest BCUT2D eigenvalue weighted by atomic mass is 127. The lowest BCUT2D eigenvalue weighted by Crippen LogP contribution is -2.33. The second-order valence-corrected chi connectivity index (χ2v) is 5.65. The summed E-state index contributed by atoms with van der Waals surface area (Å²) in [7, 11) is 1.65. The van der Waals surface area contributed by atoms with E-state index in [1.807, 2.05) is 43.3 Å². The predicted octanol–water partition coefficient (Wildman–Crippen LogP) is 2.68. The largest absolute Gasteiger partial charge is 0.491 e. The third-order valence-corrected chi connectivity index (χ3v) is 3.60. The third kappa shape index (κ3) is 8.01. The summed E-state index contributed by atoms with van der Waals surface area (Å²) in [6.07, 6.45) is 2.59. The topological polar surface area (TPSA) is 81.8 Å². The van der Waals surface area contributed by atoms with Gasteiger partial charge in [-0.2, -0.15) is 0 Å². The Morgan fingerprint density at radius 2 is 2.08 bits per heavy atom. The van der Waals surface area contributed by atoms with E-state index in [0.717, 1.165) is 29.0 Å². The normalized spacial score (nSPS) is 10.9. The number of rotatable bonds is 9. The van der Waals surface area contributed by atoms with Crippen molar-refractivity contribution in [2.45, 2.75) is 19.9 Å². The maximum Gasteiger partial charge on any atom is 0.188 e. The van der Waals surface area contributed by atoms with Crippen LogP contribution in [0.5, 0.6) is 5.75 Å². The maximum absolute atomic E-state index is 5.94. The number of hydrogen-bond donors (Lipinski definition) is 2. The predicted molar refractivity (Wildman–Crippen MR) is 115 cm³/mol. The molecule has 0 aliphatic carbocycles. The number of pyridine rings is 1. The molecule has 0 bridgehead atoms. The first kappa shape index (κ1) is 22.2. The van der Waals surface area contributed by atoms with Gasteiger partial charge in [-0.3, -0.25) is 4.98 Å². The van der Waals surface area contributed by atoms with Gasteiger partial charge in [0.2, 0.25) is 0 Å². The molecule has 2 rings (SSSR count). The molecule has 1 aromatic carbocycles. The van der Waals surface area contributed by atoms with E-state index in [-0.39, 0.29) is 24.0 Å². The van der Waals surface area contributed by atoms with Gasteiger partial charge in [0.15, 0.2) is 5.96 Å². The highest BCUT2D eigenvalue weighted by Crippen LogP contribution is 2.21. The van der Waals surface area contributed by atoms with Crippen molar-refractivity contribution in [1.29, 1.82) is 0 Å². The van der Waals surface area contributed by atoms with E-state index >= 15 is 0 Å². The number of aliphatic imine (C=N–C) groups is 1. The fourth-order valence-electron chi connectivity index (χ4n) is 2.25. The zero-order valence-corrected chi connectivity index (χ0v) is 17.6. The van der Waals surface area contributed by atoms with Gasteiger partial charge in [-0.15, -0.1) is 24.0 Å². The first-order valence-corrected chi connectivity index (χ1v) is 8.34. The molecule has 6 nitrogen and oxygen atoms in total. The van der Waals surface area contributed by atoms with Crippen molar-refractivity contribution in [1.82, 2.24) is 10.3 Å². The zero-order chi connectivity index (χ0) is 17.9. The third-order valence-electron chi connectivity index (χ3n) is 3.60. The summed E-state index contributed by atoms with van der Waals surface area (Å²) in [6.45, 7) is 4.24. The van der Waals surface area contributed by atoms with Crippen LogP contribution in [0.15, 0.2) is 47.6 Å². The minimum Gasteiger partial charge on any atom is -0.491 e. The van der Waals surface area contributed by atoms with Crippen LogP contribution in [0.3, 0.4) is 0 Å². The van der Waals surface area contributed by atoms with E-state index in [2.05, 4.69) is 15.3 Å². The van der Waals surface area contributed by atoms with Gasteiger partial charge in [0, 0.05) is 37.5 Å². The van der Waals surface area contributed by atoms with Crippen LogP contribution in [0.1, 0.15) is 16.8 Å². The van der Waals surface area contributed by atoms with E-state index in [4.69, 9.17) is 15.2 Å². The number of hydrogen-bond acceptors (Lipinski definition) is 4.